The number of thioether (sulfide) groups is 1. The highest BCUT2D eigenvalue weighted by atomic mass is 32.2. The molecular weight excluding hydrogens is 441 g/mol. The number of halogens is 1. The van der Waals surface area contributed by atoms with Crippen LogP contribution in [0.15, 0.2) is 53.4 Å². The van der Waals surface area contributed by atoms with Crippen LogP contribution >= 0.6 is 11.8 Å². The van der Waals surface area contributed by atoms with Crippen LogP contribution in [0.5, 0.6) is 0 Å². The summed E-state index contributed by atoms with van der Waals surface area (Å²) in [6.45, 7) is 0.0259. The summed E-state index contributed by atoms with van der Waals surface area (Å²) in [4.78, 5) is 25.1. The molecule has 1 aliphatic heterocycles. The number of nitrogens with one attached hydrogen (secondary N) is 2. The van der Waals surface area contributed by atoms with E-state index in [0.717, 1.165) is 9.87 Å². The molecule has 0 spiro atoms. The van der Waals surface area contributed by atoms with Crippen molar-refractivity contribution in [1.29, 1.82) is 0 Å². The molecule has 1 fully saturated rings. The molecule has 10 heteroatoms. The van der Waals surface area contributed by atoms with E-state index >= 15 is 0 Å². The zero-order chi connectivity index (χ0) is 22.6. The zero-order valence-electron chi connectivity index (χ0n) is 17.2. The van der Waals surface area contributed by atoms with Crippen LogP contribution in [0.1, 0.15) is 11.1 Å². The van der Waals surface area contributed by atoms with Crippen LogP contribution in [0.2, 0.25) is 0 Å². The summed E-state index contributed by atoms with van der Waals surface area (Å²) in [6.07, 6.45) is 0.445. The number of rotatable bonds is 7. The van der Waals surface area contributed by atoms with Gasteiger partial charge in [0.2, 0.25) is 21.8 Å². The summed E-state index contributed by atoms with van der Waals surface area (Å²) in [5, 5.41) is 5.08. The Hall–Kier alpha value is -2.43. The summed E-state index contributed by atoms with van der Waals surface area (Å²) >= 11 is 1.37. The van der Waals surface area contributed by atoms with Crippen LogP contribution in [0.4, 0.5) is 4.39 Å². The van der Waals surface area contributed by atoms with E-state index in [1.165, 1.54) is 44.1 Å². The highest BCUT2D eigenvalue weighted by Crippen LogP contribution is 2.23. The van der Waals surface area contributed by atoms with Gasteiger partial charge < -0.3 is 10.6 Å². The summed E-state index contributed by atoms with van der Waals surface area (Å²) in [7, 11) is -0.752. The summed E-state index contributed by atoms with van der Waals surface area (Å²) in [6, 6.07) is 11.7. The van der Waals surface area contributed by atoms with Crippen LogP contribution in [-0.2, 0) is 32.6 Å². The van der Waals surface area contributed by atoms with Gasteiger partial charge in [0.1, 0.15) is 11.9 Å². The molecule has 1 saturated heterocycles. The maximum atomic E-state index is 13.0. The van der Waals surface area contributed by atoms with Gasteiger partial charge in [0.05, 0.1) is 10.1 Å². The van der Waals surface area contributed by atoms with Crippen LogP contribution < -0.4 is 10.6 Å². The van der Waals surface area contributed by atoms with Crippen LogP contribution in [0.3, 0.4) is 0 Å². The van der Waals surface area contributed by atoms with Crippen molar-refractivity contribution in [2.75, 3.05) is 19.8 Å². The van der Waals surface area contributed by atoms with Crippen molar-refractivity contribution in [3.05, 3.63) is 65.5 Å². The van der Waals surface area contributed by atoms with Gasteiger partial charge in [-0.15, -0.1) is 11.8 Å². The molecule has 166 valence electrons. The Morgan fingerprint density at radius 1 is 1.19 bits per heavy atom. The van der Waals surface area contributed by atoms with Gasteiger partial charge in [-0.2, -0.15) is 0 Å². The monoisotopic (exact) mass is 465 g/mol. The molecule has 0 bridgehead atoms. The second-order valence-electron chi connectivity index (χ2n) is 7.33. The lowest BCUT2D eigenvalue weighted by atomic mass is 10.1. The second kappa shape index (κ2) is 9.80. The highest BCUT2D eigenvalue weighted by molar-refractivity contribution is 8.00. The third kappa shape index (κ3) is 5.63. The Labute approximate surface area is 185 Å². The lowest BCUT2D eigenvalue weighted by Crippen LogP contribution is -2.54. The fourth-order valence-electron chi connectivity index (χ4n) is 3.13. The predicted octanol–water partition coefficient (Wildman–Crippen LogP) is 1.54. The minimum Gasteiger partial charge on any atom is -0.350 e. The van der Waals surface area contributed by atoms with Gasteiger partial charge in [0.15, 0.2) is 0 Å². The van der Waals surface area contributed by atoms with Gasteiger partial charge >= 0.3 is 0 Å². The van der Waals surface area contributed by atoms with Crippen molar-refractivity contribution in [3.8, 4) is 0 Å². The Bertz CT molecular complexity index is 1060. The number of nitrogens with zero attached hydrogens (tertiary/aromatic N) is 1. The lowest BCUT2D eigenvalue weighted by Gasteiger charge is -2.28. The number of carbonyl (C=O) groups is 2. The SMILES string of the molecule is CN(C)S(=O)(=O)c1ccccc1CNC(=O)C1CSC(Cc2ccc(F)cc2)C(=O)N1. The van der Waals surface area contributed by atoms with Crippen LogP contribution in [0.25, 0.3) is 0 Å². The van der Waals surface area contributed by atoms with Gasteiger partial charge in [-0.05, 0) is 35.7 Å². The largest absolute Gasteiger partial charge is 0.350 e. The van der Waals surface area contributed by atoms with E-state index in [4.69, 9.17) is 0 Å². The van der Waals surface area contributed by atoms with Crippen molar-refractivity contribution in [3.63, 3.8) is 0 Å². The van der Waals surface area contributed by atoms with E-state index in [9.17, 15) is 22.4 Å². The number of carbonyl (C=O) groups excluding carboxylic acids is 2. The molecule has 0 aliphatic carbocycles. The molecule has 0 aromatic heterocycles. The molecule has 1 aliphatic rings. The molecular formula is C21H24FN3O4S2. The molecule has 31 heavy (non-hydrogen) atoms. The van der Waals surface area contributed by atoms with Gasteiger partial charge in [-0.1, -0.05) is 30.3 Å². The first-order valence-electron chi connectivity index (χ1n) is 9.63. The van der Waals surface area contributed by atoms with Crippen molar-refractivity contribution >= 4 is 33.6 Å². The average molecular weight is 466 g/mol. The minimum absolute atomic E-state index is 0.0259. The third-order valence-corrected chi connectivity index (χ3v) is 8.13. The predicted molar refractivity (Wildman–Crippen MR) is 117 cm³/mol. The standard InChI is InChI=1S/C21H24FN3O4S2/c1-25(2)31(28,29)19-6-4-3-5-15(19)12-23-20(26)17-13-30-18(21(27)24-17)11-14-7-9-16(22)10-8-14/h3-10,17-18H,11-13H2,1-2H3,(H,23,26)(H,24,27). The van der Waals surface area contributed by atoms with Crippen molar-refractivity contribution in [2.45, 2.75) is 29.2 Å². The average Bonchev–Trinajstić information content (AvgIpc) is 2.75. The first kappa shape index (κ1) is 23.2. The minimum atomic E-state index is -3.64. The van der Waals surface area contributed by atoms with Gasteiger partial charge in [0.25, 0.3) is 0 Å². The molecule has 0 saturated carbocycles. The lowest BCUT2D eigenvalue weighted by molar-refractivity contribution is -0.128. The van der Waals surface area contributed by atoms with Crippen molar-refractivity contribution in [2.24, 2.45) is 0 Å². The first-order chi connectivity index (χ1) is 14.7. The molecule has 2 aromatic carbocycles. The van der Waals surface area contributed by atoms with E-state index in [1.807, 2.05) is 0 Å². The molecule has 2 unspecified atom stereocenters. The molecule has 3 rings (SSSR count). The zero-order valence-corrected chi connectivity index (χ0v) is 18.8. The Morgan fingerprint density at radius 3 is 2.52 bits per heavy atom. The molecule has 0 radical (unpaired) electrons. The topological polar surface area (TPSA) is 95.6 Å². The summed E-state index contributed by atoms with van der Waals surface area (Å²) < 4.78 is 39.1. The quantitative estimate of drug-likeness (QED) is 0.647. The van der Waals surface area contributed by atoms with E-state index in [0.29, 0.717) is 17.7 Å². The summed E-state index contributed by atoms with van der Waals surface area (Å²) in [5.74, 6) is -0.572. The molecule has 2 amide bonds. The van der Waals surface area contributed by atoms with E-state index in [-0.39, 0.29) is 34.3 Å². The first-order valence-corrected chi connectivity index (χ1v) is 12.1. The molecule has 7 nitrogen and oxygen atoms in total. The molecule has 2 N–H and O–H groups in total. The van der Waals surface area contributed by atoms with Gasteiger partial charge in [0, 0.05) is 26.4 Å². The Morgan fingerprint density at radius 2 is 1.87 bits per heavy atom. The fourth-order valence-corrected chi connectivity index (χ4v) is 5.43. The Balaban J connectivity index is 1.58. The Kier molecular flexibility index (Phi) is 7.34. The van der Waals surface area contributed by atoms with E-state index < -0.39 is 16.1 Å². The molecule has 2 atom stereocenters. The normalized spacial score (nSPS) is 19.2. The second-order valence-corrected chi connectivity index (χ2v) is 10.7. The maximum Gasteiger partial charge on any atom is 0.243 e. The maximum absolute atomic E-state index is 13.0. The van der Waals surface area contributed by atoms with Gasteiger partial charge in [-0.3, -0.25) is 9.59 Å². The number of amides is 2. The summed E-state index contributed by atoms with van der Waals surface area (Å²) in [5.41, 5.74) is 1.31. The van der Waals surface area contributed by atoms with Gasteiger partial charge in [-0.25, -0.2) is 17.1 Å². The molecule has 1 heterocycles. The smallest absolute Gasteiger partial charge is 0.243 e. The number of benzene rings is 2. The van der Waals surface area contributed by atoms with Crippen molar-refractivity contribution < 1.29 is 22.4 Å². The highest BCUT2D eigenvalue weighted by Gasteiger charge is 2.32. The van der Waals surface area contributed by atoms with Crippen LogP contribution in [0, 0.1) is 5.82 Å². The fraction of sp³-hybridized carbons (Fsp3) is 0.333. The van der Waals surface area contributed by atoms with Crippen LogP contribution in [-0.4, -0.2) is 55.7 Å². The van der Waals surface area contributed by atoms with E-state index in [1.54, 1.807) is 30.3 Å². The number of sulfonamides is 1. The van der Waals surface area contributed by atoms with E-state index in [2.05, 4.69) is 10.6 Å². The van der Waals surface area contributed by atoms with Crippen molar-refractivity contribution in [1.82, 2.24) is 14.9 Å². The molecule has 2 aromatic rings. The number of hydrogen-bond donors (Lipinski definition) is 2. The number of hydrogen-bond acceptors (Lipinski definition) is 5. The third-order valence-electron chi connectivity index (χ3n) is 4.91.